The number of aromatic nitrogens is 1. The van der Waals surface area contributed by atoms with Gasteiger partial charge in [0.1, 0.15) is 0 Å². The molecule has 0 fully saturated rings. The third-order valence-corrected chi connectivity index (χ3v) is 5.55. The minimum atomic E-state index is -0.273. The third-order valence-electron chi connectivity index (χ3n) is 3.48. The van der Waals surface area contributed by atoms with Crippen LogP contribution in [0.25, 0.3) is 11.3 Å². The largest absolute Gasteiger partial charge is 0.325 e. The molecule has 0 spiro atoms. The number of carbonyl (C=O) groups excluding carboxylic acids is 1. The highest BCUT2D eigenvalue weighted by Crippen LogP contribution is 2.31. The first kappa shape index (κ1) is 17.2. The smallest absolute Gasteiger partial charge is 0.237 e. The molecular formula is C19H15N3OS2. The molecule has 1 N–H and O–H groups in total. The van der Waals surface area contributed by atoms with Gasteiger partial charge >= 0.3 is 0 Å². The summed E-state index contributed by atoms with van der Waals surface area (Å²) in [4.78, 5) is 16.9. The molecular weight excluding hydrogens is 350 g/mol. The van der Waals surface area contributed by atoms with Crippen LogP contribution in [-0.2, 0) is 4.79 Å². The van der Waals surface area contributed by atoms with Gasteiger partial charge in [0.25, 0.3) is 0 Å². The Balaban J connectivity index is 1.61. The third kappa shape index (κ3) is 4.47. The van der Waals surface area contributed by atoms with Gasteiger partial charge in [0.2, 0.25) is 5.91 Å². The summed E-state index contributed by atoms with van der Waals surface area (Å²) in [6.45, 7) is 1.85. The van der Waals surface area contributed by atoms with Gasteiger partial charge < -0.3 is 5.32 Å². The summed E-state index contributed by atoms with van der Waals surface area (Å²) in [5, 5.41) is 13.4. The average molecular weight is 365 g/mol. The second-order valence-electron chi connectivity index (χ2n) is 5.30. The fourth-order valence-corrected chi connectivity index (χ4v) is 4.10. The molecule has 124 valence electrons. The molecule has 4 nitrogen and oxygen atoms in total. The zero-order valence-corrected chi connectivity index (χ0v) is 15.1. The summed E-state index contributed by atoms with van der Waals surface area (Å²) in [6, 6.07) is 18.8. The molecule has 25 heavy (non-hydrogen) atoms. The molecule has 0 bridgehead atoms. The molecule has 1 amide bonds. The molecule has 3 rings (SSSR count). The first-order valence-corrected chi connectivity index (χ1v) is 9.40. The first-order chi connectivity index (χ1) is 12.2. The molecule has 0 saturated heterocycles. The van der Waals surface area contributed by atoms with Crippen molar-refractivity contribution in [3.8, 4) is 17.3 Å². The van der Waals surface area contributed by atoms with Gasteiger partial charge in [-0.3, -0.25) is 4.79 Å². The number of benzene rings is 2. The van der Waals surface area contributed by atoms with Crippen LogP contribution in [0.5, 0.6) is 0 Å². The van der Waals surface area contributed by atoms with Crippen molar-refractivity contribution in [1.29, 1.82) is 5.26 Å². The second-order valence-corrected chi connectivity index (χ2v) is 7.75. The number of nitrogens with one attached hydrogen (secondary N) is 1. The molecule has 1 heterocycles. The van der Waals surface area contributed by atoms with Crippen molar-refractivity contribution in [1.82, 2.24) is 4.98 Å². The van der Waals surface area contributed by atoms with Crippen LogP contribution < -0.4 is 5.32 Å². The van der Waals surface area contributed by atoms with E-state index in [-0.39, 0.29) is 11.2 Å². The summed E-state index contributed by atoms with van der Waals surface area (Å²) in [6.07, 6.45) is 0. The lowest BCUT2D eigenvalue weighted by atomic mass is 10.2. The van der Waals surface area contributed by atoms with E-state index in [0.29, 0.717) is 11.3 Å². The fourth-order valence-electron chi connectivity index (χ4n) is 2.13. The van der Waals surface area contributed by atoms with Crippen LogP contribution in [0, 0.1) is 11.3 Å². The van der Waals surface area contributed by atoms with Gasteiger partial charge in [-0.15, -0.1) is 11.3 Å². The van der Waals surface area contributed by atoms with Crippen molar-refractivity contribution in [3.63, 3.8) is 0 Å². The van der Waals surface area contributed by atoms with Crippen LogP contribution in [0.1, 0.15) is 12.5 Å². The van der Waals surface area contributed by atoms with E-state index in [2.05, 4.69) is 16.4 Å². The lowest BCUT2D eigenvalue weighted by molar-refractivity contribution is -0.115. The maximum absolute atomic E-state index is 12.3. The van der Waals surface area contributed by atoms with Crippen molar-refractivity contribution < 1.29 is 4.79 Å². The van der Waals surface area contributed by atoms with Crippen molar-refractivity contribution in [2.24, 2.45) is 0 Å². The van der Waals surface area contributed by atoms with Gasteiger partial charge in [-0.25, -0.2) is 4.98 Å². The Labute approximate surface area is 154 Å². The number of amides is 1. The number of nitrogens with zero attached hydrogens (tertiary/aromatic N) is 2. The van der Waals surface area contributed by atoms with Crippen LogP contribution in [0.2, 0.25) is 0 Å². The summed E-state index contributed by atoms with van der Waals surface area (Å²) < 4.78 is 0.862. The van der Waals surface area contributed by atoms with Crippen molar-refractivity contribution in [2.45, 2.75) is 16.5 Å². The highest BCUT2D eigenvalue weighted by Gasteiger charge is 2.17. The minimum Gasteiger partial charge on any atom is -0.325 e. The van der Waals surface area contributed by atoms with E-state index >= 15 is 0 Å². The van der Waals surface area contributed by atoms with Gasteiger partial charge in [-0.1, -0.05) is 42.1 Å². The predicted octanol–water partition coefficient (Wildman–Crippen LogP) is 4.80. The van der Waals surface area contributed by atoms with Crippen molar-refractivity contribution in [2.75, 3.05) is 5.32 Å². The normalized spacial score (nSPS) is 11.5. The van der Waals surface area contributed by atoms with Gasteiger partial charge in [-0.2, -0.15) is 5.26 Å². The molecule has 0 aliphatic heterocycles. The average Bonchev–Trinajstić information content (AvgIpc) is 3.11. The van der Waals surface area contributed by atoms with E-state index in [9.17, 15) is 4.79 Å². The van der Waals surface area contributed by atoms with Crippen LogP contribution in [0.15, 0.2) is 64.3 Å². The molecule has 0 radical (unpaired) electrons. The highest BCUT2D eigenvalue weighted by molar-refractivity contribution is 8.02. The van der Waals surface area contributed by atoms with Crippen molar-refractivity contribution >= 4 is 34.7 Å². The zero-order chi connectivity index (χ0) is 17.6. The Kier molecular flexibility index (Phi) is 5.49. The predicted molar refractivity (Wildman–Crippen MR) is 103 cm³/mol. The molecule has 1 atom stereocenters. The Morgan fingerprint density at radius 3 is 2.60 bits per heavy atom. The number of anilines is 1. The monoisotopic (exact) mass is 365 g/mol. The molecule has 3 aromatic rings. The summed E-state index contributed by atoms with van der Waals surface area (Å²) in [5.41, 5.74) is 3.24. The number of nitriles is 1. The van der Waals surface area contributed by atoms with E-state index in [1.807, 2.05) is 42.6 Å². The summed E-state index contributed by atoms with van der Waals surface area (Å²) >= 11 is 2.97. The first-order valence-electron chi connectivity index (χ1n) is 7.64. The summed E-state index contributed by atoms with van der Waals surface area (Å²) in [7, 11) is 0. The van der Waals surface area contributed by atoms with Crippen LogP contribution in [0.4, 0.5) is 5.69 Å². The number of hydrogen-bond donors (Lipinski definition) is 1. The topological polar surface area (TPSA) is 65.8 Å². The Morgan fingerprint density at radius 2 is 1.92 bits per heavy atom. The van der Waals surface area contributed by atoms with E-state index in [0.717, 1.165) is 15.6 Å². The number of rotatable bonds is 5. The maximum atomic E-state index is 12.3. The summed E-state index contributed by atoms with van der Waals surface area (Å²) in [5.74, 6) is -0.0915. The van der Waals surface area contributed by atoms with Crippen LogP contribution in [0.3, 0.4) is 0 Å². The van der Waals surface area contributed by atoms with E-state index < -0.39 is 0 Å². The Morgan fingerprint density at radius 1 is 1.20 bits per heavy atom. The van der Waals surface area contributed by atoms with Gasteiger partial charge in [-0.05, 0) is 31.2 Å². The standard InChI is InChI=1S/C19H15N3OS2/c1-13(18(23)21-16-9-7-14(11-20)8-10-16)25-19-22-17(12-24-19)15-5-3-2-4-6-15/h2-10,12-13H,1H3,(H,21,23)/t13-/m0/s1. The van der Waals surface area contributed by atoms with Gasteiger partial charge in [0.15, 0.2) is 4.34 Å². The zero-order valence-electron chi connectivity index (χ0n) is 13.5. The van der Waals surface area contributed by atoms with Crippen molar-refractivity contribution in [3.05, 3.63) is 65.5 Å². The number of thioether (sulfide) groups is 1. The maximum Gasteiger partial charge on any atom is 0.237 e. The molecule has 0 unspecified atom stereocenters. The van der Waals surface area contributed by atoms with Crippen LogP contribution in [-0.4, -0.2) is 16.1 Å². The van der Waals surface area contributed by atoms with E-state index in [1.165, 1.54) is 23.1 Å². The Bertz CT molecular complexity index is 898. The lowest BCUT2D eigenvalue weighted by Gasteiger charge is -2.10. The molecule has 6 heteroatoms. The molecule has 0 saturated carbocycles. The molecule has 2 aromatic carbocycles. The quantitative estimate of drug-likeness (QED) is 0.660. The Hall–Kier alpha value is -2.62. The second kappa shape index (κ2) is 7.97. The minimum absolute atomic E-state index is 0.0915. The molecule has 0 aliphatic rings. The SMILES string of the molecule is C[C@H](Sc1nc(-c2ccccc2)cs1)C(=O)Nc1ccc(C#N)cc1. The van der Waals surface area contributed by atoms with Crippen LogP contribution >= 0.6 is 23.1 Å². The number of hydrogen-bond acceptors (Lipinski definition) is 5. The number of carbonyl (C=O) groups is 1. The van der Waals surface area contributed by atoms with Gasteiger partial charge in [0.05, 0.1) is 22.6 Å². The molecule has 1 aromatic heterocycles. The number of thiazole rings is 1. The lowest BCUT2D eigenvalue weighted by Crippen LogP contribution is -2.22. The van der Waals surface area contributed by atoms with E-state index in [4.69, 9.17) is 5.26 Å². The highest BCUT2D eigenvalue weighted by atomic mass is 32.2. The fraction of sp³-hybridized carbons (Fsp3) is 0.105. The van der Waals surface area contributed by atoms with E-state index in [1.54, 1.807) is 24.3 Å². The molecule has 0 aliphatic carbocycles. The van der Waals surface area contributed by atoms with Gasteiger partial charge in [0, 0.05) is 16.6 Å².